The molecule has 0 aliphatic carbocycles. The van der Waals surface area contributed by atoms with Gasteiger partial charge >= 0.3 is 6.03 Å². The van der Waals surface area contributed by atoms with Crippen molar-refractivity contribution >= 4 is 45.2 Å². The van der Waals surface area contributed by atoms with Gasteiger partial charge in [-0.3, -0.25) is 24.6 Å². The number of nitrogens with zero attached hydrogens (tertiary/aromatic N) is 2. The Hall–Kier alpha value is -3.27. The molecule has 1 saturated heterocycles. The summed E-state index contributed by atoms with van der Waals surface area (Å²) < 4.78 is 0.737. The van der Waals surface area contributed by atoms with Gasteiger partial charge < -0.3 is 10.6 Å². The Morgan fingerprint density at radius 2 is 2.00 bits per heavy atom. The normalized spacial score (nSPS) is 18.5. The summed E-state index contributed by atoms with van der Waals surface area (Å²) in [5.41, 5.74) is -0.380. The molecular weight excluding hydrogens is 444 g/mol. The van der Waals surface area contributed by atoms with E-state index in [1.54, 1.807) is 44.2 Å². The summed E-state index contributed by atoms with van der Waals surface area (Å²) in [5.74, 6) is -1.31. The van der Waals surface area contributed by atoms with Gasteiger partial charge in [0.15, 0.2) is 0 Å². The van der Waals surface area contributed by atoms with Crippen LogP contribution in [-0.4, -0.2) is 34.2 Å². The fourth-order valence-corrected chi connectivity index (χ4v) is 3.47. The molecule has 2 aromatic rings. The fraction of sp³-hybridized carbons (Fsp3) is 0.211. The molecule has 2 aromatic carbocycles. The Bertz CT molecular complexity index is 1040. The number of hydrogen-bond acceptors (Lipinski definition) is 5. The maximum atomic E-state index is 12.9. The molecule has 1 aliphatic heterocycles. The van der Waals surface area contributed by atoms with Gasteiger partial charge in [0, 0.05) is 10.5 Å². The SMILES string of the molecule is Cc1ccc(NC(=O)CN2C(=O)NC(C)(c3cccc(Br)c3)C2=O)c([N+](=O)[O-])c1. The van der Waals surface area contributed by atoms with E-state index in [0.29, 0.717) is 11.1 Å². The number of rotatable bonds is 5. The molecule has 1 heterocycles. The number of nitrogens with one attached hydrogen (secondary N) is 2. The summed E-state index contributed by atoms with van der Waals surface area (Å²) >= 11 is 3.33. The molecule has 10 heteroatoms. The first-order valence-corrected chi connectivity index (χ1v) is 9.36. The number of amides is 4. The Morgan fingerprint density at radius 3 is 2.66 bits per heavy atom. The number of nitro benzene ring substituents is 1. The van der Waals surface area contributed by atoms with E-state index >= 15 is 0 Å². The summed E-state index contributed by atoms with van der Waals surface area (Å²) in [5, 5.41) is 16.2. The highest BCUT2D eigenvalue weighted by Gasteiger charge is 2.49. The van der Waals surface area contributed by atoms with Crippen LogP contribution >= 0.6 is 15.9 Å². The van der Waals surface area contributed by atoms with E-state index in [4.69, 9.17) is 0 Å². The minimum absolute atomic E-state index is 0.00703. The minimum atomic E-state index is -1.32. The Morgan fingerprint density at radius 1 is 1.28 bits per heavy atom. The lowest BCUT2D eigenvalue weighted by molar-refractivity contribution is -0.384. The van der Waals surface area contributed by atoms with Gasteiger partial charge in [0.2, 0.25) is 5.91 Å². The quantitative estimate of drug-likeness (QED) is 0.403. The molecule has 0 saturated carbocycles. The van der Waals surface area contributed by atoms with Gasteiger partial charge in [0.1, 0.15) is 17.8 Å². The van der Waals surface area contributed by atoms with E-state index < -0.39 is 34.9 Å². The van der Waals surface area contributed by atoms with Crippen LogP contribution < -0.4 is 10.6 Å². The second-order valence-corrected chi connectivity index (χ2v) is 7.70. The van der Waals surface area contributed by atoms with Crippen molar-refractivity contribution in [2.45, 2.75) is 19.4 Å². The Kier molecular flexibility index (Phi) is 5.38. The zero-order valence-corrected chi connectivity index (χ0v) is 17.1. The minimum Gasteiger partial charge on any atom is -0.319 e. The Labute approximate surface area is 174 Å². The number of imide groups is 1. The second-order valence-electron chi connectivity index (χ2n) is 6.78. The van der Waals surface area contributed by atoms with Crippen LogP contribution in [0.3, 0.4) is 0 Å². The molecule has 1 atom stereocenters. The lowest BCUT2D eigenvalue weighted by atomic mass is 9.92. The maximum Gasteiger partial charge on any atom is 0.325 e. The van der Waals surface area contributed by atoms with Crippen LogP contribution in [0.1, 0.15) is 18.1 Å². The van der Waals surface area contributed by atoms with Crippen molar-refractivity contribution in [2.75, 3.05) is 11.9 Å². The van der Waals surface area contributed by atoms with Crippen molar-refractivity contribution < 1.29 is 19.3 Å². The molecule has 4 amide bonds. The van der Waals surface area contributed by atoms with Gasteiger partial charge in [-0.25, -0.2) is 4.79 Å². The van der Waals surface area contributed by atoms with Crippen molar-refractivity contribution in [3.05, 3.63) is 68.2 Å². The number of halogens is 1. The number of carbonyl (C=O) groups is 3. The van der Waals surface area contributed by atoms with Crippen LogP contribution in [-0.2, 0) is 15.1 Å². The van der Waals surface area contributed by atoms with Crippen molar-refractivity contribution in [3.63, 3.8) is 0 Å². The summed E-state index contributed by atoms with van der Waals surface area (Å²) in [6.07, 6.45) is 0. The smallest absolute Gasteiger partial charge is 0.319 e. The number of hydrogen-bond donors (Lipinski definition) is 2. The van der Waals surface area contributed by atoms with Gasteiger partial charge in [-0.2, -0.15) is 0 Å². The van der Waals surface area contributed by atoms with Gasteiger partial charge in [-0.1, -0.05) is 34.1 Å². The van der Waals surface area contributed by atoms with Crippen molar-refractivity contribution in [2.24, 2.45) is 0 Å². The Balaban J connectivity index is 1.79. The zero-order valence-electron chi connectivity index (χ0n) is 15.6. The molecule has 0 aromatic heterocycles. The van der Waals surface area contributed by atoms with Crippen LogP contribution in [0.4, 0.5) is 16.2 Å². The molecule has 1 fully saturated rings. The number of nitro groups is 1. The van der Waals surface area contributed by atoms with Crippen LogP contribution in [0.25, 0.3) is 0 Å². The van der Waals surface area contributed by atoms with E-state index in [1.165, 1.54) is 12.1 Å². The number of carbonyl (C=O) groups excluding carboxylic acids is 3. The van der Waals surface area contributed by atoms with E-state index in [-0.39, 0.29) is 11.4 Å². The first-order valence-electron chi connectivity index (χ1n) is 8.57. The molecule has 0 radical (unpaired) electrons. The summed E-state index contributed by atoms with van der Waals surface area (Å²) in [6, 6.07) is 10.5. The number of benzene rings is 2. The largest absolute Gasteiger partial charge is 0.325 e. The molecule has 1 unspecified atom stereocenters. The molecule has 0 bridgehead atoms. The van der Waals surface area contributed by atoms with Crippen LogP contribution in [0.15, 0.2) is 46.9 Å². The van der Waals surface area contributed by atoms with E-state index in [2.05, 4.69) is 26.6 Å². The third-order valence-electron chi connectivity index (χ3n) is 4.60. The summed E-state index contributed by atoms with van der Waals surface area (Å²) in [6.45, 7) is 2.67. The average molecular weight is 461 g/mol. The predicted molar refractivity (Wildman–Crippen MR) is 108 cm³/mol. The maximum absolute atomic E-state index is 12.9. The molecule has 3 rings (SSSR count). The third kappa shape index (κ3) is 3.97. The van der Waals surface area contributed by atoms with Gasteiger partial charge in [0.05, 0.1) is 4.92 Å². The first kappa shape index (κ1) is 20.5. The van der Waals surface area contributed by atoms with Gasteiger partial charge in [-0.15, -0.1) is 0 Å². The zero-order chi connectivity index (χ0) is 21.3. The summed E-state index contributed by atoms with van der Waals surface area (Å²) in [4.78, 5) is 49.0. The van der Waals surface area contributed by atoms with E-state index in [1.807, 2.05) is 0 Å². The topological polar surface area (TPSA) is 122 Å². The van der Waals surface area contributed by atoms with Gasteiger partial charge in [0.25, 0.3) is 11.6 Å². The van der Waals surface area contributed by atoms with E-state index in [9.17, 15) is 24.5 Å². The monoisotopic (exact) mass is 460 g/mol. The molecule has 0 spiro atoms. The van der Waals surface area contributed by atoms with Gasteiger partial charge in [-0.05, 0) is 43.2 Å². The standard InChI is InChI=1S/C19H17BrN4O5/c1-11-6-7-14(15(8-11)24(28)29)21-16(25)10-23-17(26)19(2,22-18(23)27)12-4-3-5-13(20)9-12/h3-9H,10H2,1-2H3,(H,21,25)(H,22,27). The highest BCUT2D eigenvalue weighted by atomic mass is 79.9. The molecule has 9 nitrogen and oxygen atoms in total. The predicted octanol–water partition coefficient (Wildman–Crippen LogP) is 3.07. The molecule has 150 valence electrons. The molecule has 2 N–H and O–H groups in total. The average Bonchev–Trinajstić information content (AvgIpc) is 2.87. The lowest BCUT2D eigenvalue weighted by Gasteiger charge is -2.22. The van der Waals surface area contributed by atoms with Crippen LogP contribution in [0.5, 0.6) is 0 Å². The first-order chi connectivity index (χ1) is 13.6. The number of anilines is 1. The lowest BCUT2D eigenvalue weighted by Crippen LogP contribution is -2.42. The van der Waals surface area contributed by atoms with Crippen molar-refractivity contribution in [1.29, 1.82) is 0 Å². The molecular formula is C19H17BrN4O5. The fourth-order valence-electron chi connectivity index (χ4n) is 3.07. The summed E-state index contributed by atoms with van der Waals surface area (Å²) in [7, 11) is 0. The number of aryl methyl sites for hydroxylation is 1. The van der Waals surface area contributed by atoms with Crippen LogP contribution in [0.2, 0.25) is 0 Å². The highest BCUT2D eigenvalue weighted by Crippen LogP contribution is 2.30. The second kappa shape index (κ2) is 7.63. The highest BCUT2D eigenvalue weighted by molar-refractivity contribution is 9.10. The van der Waals surface area contributed by atoms with Crippen molar-refractivity contribution in [1.82, 2.24) is 10.2 Å². The number of urea groups is 1. The van der Waals surface area contributed by atoms with Crippen molar-refractivity contribution in [3.8, 4) is 0 Å². The van der Waals surface area contributed by atoms with E-state index in [0.717, 1.165) is 9.37 Å². The molecule has 29 heavy (non-hydrogen) atoms. The van der Waals surface area contributed by atoms with Crippen LogP contribution in [0, 0.1) is 17.0 Å². The molecule has 1 aliphatic rings. The third-order valence-corrected chi connectivity index (χ3v) is 5.10.